The largest absolute Gasteiger partial charge is 0.416 e. The van der Waals surface area contributed by atoms with Crippen LogP contribution < -0.4 is 4.90 Å². The summed E-state index contributed by atoms with van der Waals surface area (Å²) < 4.78 is 106. The zero-order chi connectivity index (χ0) is 28.5. The van der Waals surface area contributed by atoms with Crippen LogP contribution in [0.3, 0.4) is 0 Å². The molecule has 1 aliphatic rings. The van der Waals surface area contributed by atoms with E-state index in [-0.39, 0.29) is 18.2 Å². The zero-order valence-corrected chi connectivity index (χ0v) is 22.0. The molecule has 2 aromatic carbocycles. The first kappa shape index (κ1) is 29.2. The van der Waals surface area contributed by atoms with Crippen LogP contribution in [0.25, 0.3) is 0 Å². The number of hydrogen-bond donors (Lipinski definition) is 0. The zero-order valence-electron chi connectivity index (χ0n) is 21.2. The third kappa shape index (κ3) is 7.07. The fraction of sp³-hybridized carbons (Fsp3) is 0.423. The molecule has 0 aliphatic carbocycles. The molecule has 0 amide bonds. The van der Waals surface area contributed by atoms with E-state index in [2.05, 4.69) is 4.98 Å². The van der Waals surface area contributed by atoms with Gasteiger partial charge in [-0.1, -0.05) is 12.1 Å². The summed E-state index contributed by atoms with van der Waals surface area (Å²) in [5.41, 5.74) is -1.77. The van der Waals surface area contributed by atoms with Gasteiger partial charge in [0, 0.05) is 18.5 Å². The van der Waals surface area contributed by atoms with Crippen molar-refractivity contribution >= 4 is 16.5 Å². The summed E-state index contributed by atoms with van der Waals surface area (Å²) in [7, 11) is 3.80. The lowest BCUT2D eigenvalue weighted by atomic mass is 10.0. The molecule has 1 saturated heterocycles. The van der Waals surface area contributed by atoms with E-state index in [0.29, 0.717) is 35.9 Å². The maximum Gasteiger partial charge on any atom is 0.416 e. The standard InChI is InChI=1S/C26H26F7N3O2S/c1-15(17-10-18(25(28,29)30)12-19(11-17)26(31,32)33)38-23-22(16-4-6-20(27)7-5-16)36(8-9-37-23)24-34-21(14-39-24)13-35(2)3/h4-7,10-12,14-15,22-23H,8-9,13H2,1-3H3. The minimum atomic E-state index is -4.99. The molecule has 1 aromatic heterocycles. The molecule has 212 valence electrons. The molecule has 3 unspecified atom stereocenters. The lowest BCUT2D eigenvalue weighted by Crippen LogP contribution is -2.47. The topological polar surface area (TPSA) is 37.8 Å². The highest BCUT2D eigenvalue weighted by molar-refractivity contribution is 7.13. The number of rotatable bonds is 7. The number of halogens is 7. The first-order valence-electron chi connectivity index (χ1n) is 11.9. The molecule has 39 heavy (non-hydrogen) atoms. The Balaban J connectivity index is 1.69. The lowest BCUT2D eigenvalue weighted by Gasteiger charge is -2.42. The van der Waals surface area contributed by atoms with E-state index >= 15 is 0 Å². The van der Waals surface area contributed by atoms with Gasteiger partial charge in [0.2, 0.25) is 0 Å². The Labute approximate surface area is 224 Å². The molecule has 0 spiro atoms. The molecular formula is C26H26F7N3O2S. The van der Waals surface area contributed by atoms with Crippen LogP contribution in [0.1, 0.15) is 47.0 Å². The van der Waals surface area contributed by atoms with Crippen molar-refractivity contribution in [3.63, 3.8) is 0 Å². The van der Waals surface area contributed by atoms with Gasteiger partial charge in [-0.05, 0) is 62.5 Å². The van der Waals surface area contributed by atoms with Crippen LogP contribution in [0, 0.1) is 5.82 Å². The van der Waals surface area contributed by atoms with Crippen molar-refractivity contribution in [3.8, 4) is 0 Å². The SMILES string of the molecule is CC(OC1OCCN(c2nc(CN(C)C)cs2)C1c1ccc(F)cc1)c1cc(C(F)(F)F)cc(C(F)(F)F)c1. The van der Waals surface area contributed by atoms with Crippen LogP contribution >= 0.6 is 11.3 Å². The van der Waals surface area contributed by atoms with Gasteiger partial charge in [-0.25, -0.2) is 9.37 Å². The van der Waals surface area contributed by atoms with E-state index in [9.17, 15) is 30.7 Å². The molecule has 1 fully saturated rings. The van der Waals surface area contributed by atoms with Crippen molar-refractivity contribution in [1.82, 2.24) is 9.88 Å². The quantitative estimate of drug-likeness (QED) is 0.281. The minimum Gasteiger partial charge on any atom is -0.348 e. The number of hydrogen-bond acceptors (Lipinski definition) is 6. The van der Waals surface area contributed by atoms with Crippen LogP contribution in [-0.2, 0) is 28.4 Å². The summed E-state index contributed by atoms with van der Waals surface area (Å²) >= 11 is 1.38. The van der Waals surface area contributed by atoms with Gasteiger partial charge in [0.05, 0.1) is 29.5 Å². The van der Waals surface area contributed by atoms with Crippen molar-refractivity contribution in [2.45, 2.75) is 44.3 Å². The monoisotopic (exact) mass is 577 g/mol. The molecule has 5 nitrogen and oxygen atoms in total. The van der Waals surface area contributed by atoms with Crippen LogP contribution in [0.4, 0.5) is 35.9 Å². The van der Waals surface area contributed by atoms with Gasteiger partial charge in [-0.2, -0.15) is 26.3 Å². The van der Waals surface area contributed by atoms with Gasteiger partial charge in [-0.3, -0.25) is 0 Å². The highest BCUT2D eigenvalue weighted by atomic mass is 32.1. The van der Waals surface area contributed by atoms with Crippen molar-refractivity contribution in [1.29, 1.82) is 0 Å². The highest BCUT2D eigenvalue weighted by Crippen LogP contribution is 2.41. The highest BCUT2D eigenvalue weighted by Gasteiger charge is 2.40. The Morgan fingerprint density at radius 1 is 1.05 bits per heavy atom. The Morgan fingerprint density at radius 2 is 1.67 bits per heavy atom. The fourth-order valence-corrected chi connectivity index (χ4v) is 5.17. The lowest BCUT2D eigenvalue weighted by molar-refractivity contribution is -0.192. The molecule has 0 N–H and O–H groups in total. The first-order valence-corrected chi connectivity index (χ1v) is 12.8. The van der Waals surface area contributed by atoms with Gasteiger partial charge in [-0.15, -0.1) is 11.3 Å². The molecule has 13 heteroatoms. The molecule has 2 heterocycles. The molecular weight excluding hydrogens is 551 g/mol. The van der Waals surface area contributed by atoms with Gasteiger partial charge in [0.25, 0.3) is 0 Å². The van der Waals surface area contributed by atoms with Crippen LogP contribution in [0.5, 0.6) is 0 Å². The van der Waals surface area contributed by atoms with Gasteiger partial charge in [0.1, 0.15) is 11.9 Å². The van der Waals surface area contributed by atoms with Crippen molar-refractivity contribution in [2.24, 2.45) is 0 Å². The predicted octanol–water partition coefficient (Wildman–Crippen LogP) is 7.06. The molecule has 4 rings (SSSR count). The van der Waals surface area contributed by atoms with E-state index < -0.39 is 47.7 Å². The Kier molecular flexibility index (Phi) is 8.55. The van der Waals surface area contributed by atoms with Crippen molar-refractivity contribution < 1.29 is 40.2 Å². The van der Waals surface area contributed by atoms with E-state index in [0.717, 1.165) is 5.69 Å². The summed E-state index contributed by atoms with van der Waals surface area (Å²) in [4.78, 5) is 8.53. The molecule has 3 atom stereocenters. The number of anilines is 1. The number of aromatic nitrogens is 1. The number of ether oxygens (including phenoxy) is 2. The Morgan fingerprint density at radius 3 is 2.23 bits per heavy atom. The van der Waals surface area contributed by atoms with Crippen molar-refractivity contribution in [2.75, 3.05) is 32.1 Å². The van der Waals surface area contributed by atoms with Crippen molar-refractivity contribution in [3.05, 3.63) is 81.6 Å². The van der Waals surface area contributed by atoms with E-state index in [1.165, 1.54) is 42.5 Å². The maximum absolute atomic E-state index is 13.7. The van der Waals surface area contributed by atoms with Gasteiger partial charge in [0.15, 0.2) is 11.4 Å². The third-order valence-electron chi connectivity index (χ3n) is 6.10. The summed E-state index contributed by atoms with van der Waals surface area (Å²) in [6, 6.07) is 6.22. The first-order chi connectivity index (χ1) is 18.2. The molecule has 0 saturated carbocycles. The summed E-state index contributed by atoms with van der Waals surface area (Å²) in [5, 5.41) is 2.52. The Bertz CT molecular complexity index is 1230. The average molecular weight is 578 g/mol. The van der Waals surface area contributed by atoms with Gasteiger partial charge >= 0.3 is 12.4 Å². The van der Waals surface area contributed by atoms with Crippen LogP contribution in [0.2, 0.25) is 0 Å². The van der Waals surface area contributed by atoms with E-state index in [4.69, 9.17) is 9.47 Å². The number of nitrogens with zero attached hydrogens (tertiary/aromatic N) is 3. The maximum atomic E-state index is 13.7. The fourth-order valence-electron chi connectivity index (χ4n) is 4.29. The second-order valence-corrected chi connectivity index (χ2v) is 10.2. The number of benzene rings is 2. The molecule has 1 aliphatic heterocycles. The number of morpholine rings is 1. The average Bonchev–Trinajstić information content (AvgIpc) is 3.31. The van der Waals surface area contributed by atoms with Crippen LogP contribution in [0.15, 0.2) is 47.8 Å². The van der Waals surface area contributed by atoms with Gasteiger partial charge < -0.3 is 19.3 Å². The summed E-state index contributed by atoms with van der Waals surface area (Å²) in [5.74, 6) is -0.473. The number of thiazole rings is 1. The third-order valence-corrected chi connectivity index (χ3v) is 7.03. The molecule has 3 aromatic rings. The second kappa shape index (κ2) is 11.4. The van der Waals surface area contributed by atoms with E-state index in [1.54, 1.807) is 0 Å². The molecule has 0 bridgehead atoms. The Hall–Kier alpha value is -2.74. The normalized spacial score (nSPS) is 19.5. The second-order valence-electron chi connectivity index (χ2n) is 9.41. The predicted molar refractivity (Wildman–Crippen MR) is 132 cm³/mol. The summed E-state index contributed by atoms with van der Waals surface area (Å²) in [6.45, 7) is 2.50. The minimum absolute atomic E-state index is 0.0736. The molecule has 0 radical (unpaired) electrons. The number of alkyl halides is 6. The summed E-state index contributed by atoms with van der Waals surface area (Å²) in [6.07, 6.45) is -12.3. The van der Waals surface area contributed by atoms with Crippen LogP contribution in [-0.4, -0.2) is 43.4 Å². The van der Waals surface area contributed by atoms with E-state index in [1.807, 2.05) is 29.3 Å². The smallest absolute Gasteiger partial charge is 0.348 e.